The Kier molecular flexibility index (Phi) is 6.87. The van der Waals surface area contributed by atoms with E-state index in [1.54, 1.807) is 16.4 Å². The minimum Gasteiger partial charge on any atom is -0.494 e. The maximum absolute atomic E-state index is 12.8. The van der Waals surface area contributed by atoms with Gasteiger partial charge in [-0.2, -0.15) is 5.10 Å². The summed E-state index contributed by atoms with van der Waals surface area (Å²) in [4.78, 5) is 14.7. The number of benzene rings is 2. The van der Waals surface area contributed by atoms with E-state index in [2.05, 4.69) is 5.10 Å². The molecule has 0 N–H and O–H groups in total. The van der Waals surface area contributed by atoms with Crippen LogP contribution in [0, 0.1) is 6.92 Å². The Morgan fingerprint density at radius 2 is 1.73 bits per heavy atom. The van der Waals surface area contributed by atoms with Crippen molar-refractivity contribution < 1.29 is 14.3 Å². The van der Waals surface area contributed by atoms with Gasteiger partial charge in [-0.15, -0.1) is 0 Å². The Bertz CT molecular complexity index is 990. The quantitative estimate of drug-likeness (QED) is 0.459. The summed E-state index contributed by atoms with van der Waals surface area (Å²) in [5, 5.41) is 4.67. The molecule has 0 saturated carbocycles. The predicted molar refractivity (Wildman–Crippen MR) is 119 cm³/mol. The Hall–Kier alpha value is -2.73. The molecular formula is C24H28N2O3S. The van der Waals surface area contributed by atoms with Gasteiger partial charge in [0.15, 0.2) is 0 Å². The third-order valence-corrected chi connectivity index (χ3v) is 5.54. The van der Waals surface area contributed by atoms with Gasteiger partial charge in [-0.25, -0.2) is 4.68 Å². The molecule has 0 aliphatic carbocycles. The van der Waals surface area contributed by atoms with E-state index in [0.717, 1.165) is 26.8 Å². The Labute approximate surface area is 182 Å². The van der Waals surface area contributed by atoms with Crippen LogP contribution in [0.2, 0.25) is 0 Å². The van der Waals surface area contributed by atoms with Crippen LogP contribution in [0.4, 0.5) is 0 Å². The van der Waals surface area contributed by atoms with Gasteiger partial charge in [-0.1, -0.05) is 42.1 Å². The number of hydrogen-bond acceptors (Lipinski definition) is 5. The fraction of sp³-hybridized carbons (Fsp3) is 0.333. The van der Waals surface area contributed by atoms with Crippen molar-refractivity contribution >= 4 is 17.7 Å². The number of carbonyl (C=O) groups is 1. The minimum atomic E-state index is -0.324. The summed E-state index contributed by atoms with van der Waals surface area (Å²) in [5.74, 6) is 0.960. The van der Waals surface area contributed by atoms with Crippen LogP contribution in [-0.4, -0.2) is 22.4 Å². The van der Waals surface area contributed by atoms with Gasteiger partial charge >= 0.3 is 5.97 Å². The van der Waals surface area contributed by atoms with E-state index in [-0.39, 0.29) is 17.9 Å². The van der Waals surface area contributed by atoms with Gasteiger partial charge in [0.2, 0.25) is 5.88 Å². The summed E-state index contributed by atoms with van der Waals surface area (Å²) in [6.07, 6.45) is 0.177. The van der Waals surface area contributed by atoms with Gasteiger partial charge in [-0.3, -0.25) is 4.79 Å². The monoisotopic (exact) mass is 424 g/mol. The average molecular weight is 425 g/mol. The van der Waals surface area contributed by atoms with Crippen molar-refractivity contribution in [1.29, 1.82) is 0 Å². The van der Waals surface area contributed by atoms with Crippen molar-refractivity contribution in [3.63, 3.8) is 0 Å². The number of carbonyl (C=O) groups excluding carboxylic acids is 1. The second kappa shape index (κ2) is 9.39. The number of esters is 1. The lowest BCUT2D eigenvalue weighted by Crippen LogP contribution is -2.26. The number of hydrogen-bond donors (Lipinski definition) is 0. The fourth-order valence-corrected chi connectivity index (χ4v) is 3.87. The highest BCUT2D eigenvalue weighted by Gasteiger charge is 2.27. The fourth-order valence-electron chi connectivity index (χ4n) is 2.94. The lowest BCUT2D eigenvalue weighted by atomic mass is 10.1. The maximum Gasteiger partial charge on any atom is 0.317 e. The van der Waals surface area contributed by atoms with Crippen molar-refractivity contribution in [3.05, 3.63) is 65.9 Å². The number of rotatable bonds is 7. The average Bonchev–Trinajstić information content (AvgIpc) is 3.00. The van der Waals surface area contributed by atoms with Crippen molar-refractivity contribution in [2.24, 2.45) is 0 Å². The topological polar surface area (TPSA) is 53.4 Å². The molecule has 1 aromatic heterocycles. The van der Waals surface area contributed by atoms with Crippen molar-refractivity contribution in [1.82, 2.24) is 9.78 Å². The van der Waals surface area contributed by atoms with Gasteiger partial charge in [0.1, 0.15) is 5.75 Å². The largest absolute Gasteiger partial charge is 0.494 e. The highest BCUT2D eigenvalue weighted by molar-refractivity contribution is 7.99. The smallest absolute Gasteiger partial charge is 0.317 e. The number of ether oxygens (including phenoxy) is 2. The van der Waals surface area contributed by atoms with Crippen LogP contribution < -0.4 is 9.47 Å². The standard InChI is InChI=1S/C24H28N2O3S/c1-6-28-19-14-12-18(13-15-19)16-21(27)29-23-22(30-20-10-8-7-9-11-20)17(2)25-26(23)24(3,4)5/h7-15H,6,16H2,1-5H3. The second-order valence-electron chi connectivity index (χ2n) is 7.95. The molecule has 0 fully saturated rings. The summed E-state index contributed by atoms with van der Waals surface area (Å²) >= 11 is 1.56. The van der Waals surface area contributed by atoms with Crippen molar-refractivity contribution in [2.75, 3.05) is 6.61 Å². The van der Waals surface area contributed by atoms with E-state index in [0.29, 0.717) is 12.5 Å². The highest BCUT2D eigenvalue weighted by Crippen LogP contribution is 2.40. The molecule has 0 aliphatic rings. The first-order chi connectivity index (χ1) is 14.3. The summed E-state index contributed by atoms with van der Waals surface area (Å²) in [6.45, 7) is 10.6. The molecule has 3 rings (SSSR count). The van der Waals surface area contributed by atoms with E-state index in [4.69, 9.17) is 9.47 Å². The molecule has 30 heavy (non-hydrogen) atoms. The molecule has 1 heterocycles. The summed E-state index contributed by atoms with van der Waals surface area (Å²) in [5.41, 5.74) is 1.39. The molecule has 2 aromatic carbocycles. The van der Waals surface area contributed by atoms with Crippen LogP contribution in [0.15, 0.2) is 64.4 Å². The van der Waals surface area contributed by atoms with Crippen LogP contribution in [0.3, 0.4) is 0 Å². The zero-order valence-corrected chi connectivity index (χ0v) is 19.0. The van der Waals surface area contributed by atoms with Crippen molar-refractivity contribution in [3.8, 4) is 11.6 Å². The maximum atomic E-state index is 12.8. The number of aryl methyl sites for hydroxylation is 1. The zero-order chi connectivity index (χ0) is 21.7. The lowest BCUT2D eigenvalue weighted by molar-refractivity contribution is -0.134. The molecule has 0 atom stereocenters. The third-order valence-electron chi connectivity index (χ3n) is 4.36. The van der Waals surface area contributed by atoms with Gasteiger partial charge in [-0.05, 0) is 64.4 Å². The first-order valence-corrected chi connectivity index (χ1v) is 10.8. The molecule has 5 nitrogen and oxygen atoms in total. The van der Waals surface area contributed by atoms with Crippen LogP contribution in [-0.2, 0) is 16.8 Å². The van der Waals surface area contributed by atoms with Crippen LogP contribution >= 0.6 is 11.8 Å². The number of nitrogens with zero attached hydrogens (tertiary/aromatic N) is 2. The molecule has 0 amide bonds. The van der Waals surface area contributed by atoms with Gasteiger partial charge in [0.25, 0.3) is 0 Å². The molecule has 0 unspecified atom stereocenters. The third kappa shape index (κ3) is 5.45. The summed E-state index contributed by atoms with van der Waals surface area (Å²) < 4.78 is 13.1. The molecule has 3 aromatic rings. The molecule has 0 radical (unpaired) electrons. The normalized spacial score (nSPS) is 11.4. The van der Waals surface area contributed by atoms with E-state index >= 15 is 0 Å². The molecule has 0 aliphatic heterocycles. The van der Waals surface area contributed by atoms with Crippen LogP contribution in [0.1, 0.15) is 39.0 Å². The molecule has 0 spiro atoms. The summed E-state index contributed by atoms with van der Waals surface area (Å²) in [6, 6.07) is 17.5. The SMILES string of the molecule is CCOc1ccc(CC(=O)Oc2c(Sc3ccccc3)c(C)nn2C(C)(C)C)cc1. The van der Waals surface area contributed by atoms with Crippen LogP contribution in [0.5, 0.6) is 11.6 Å². The molecule has 0 bridgehead atoms. The first kappa shape index (κ1) is 22.0. The Balaban J connectivity index is 1.84. The van der Waals surface area contributed by atoms with Gasteiger partial charge in [0, 0.05) is 4.90 Å². The van der Waals surface area contributed by atoms with E-state index in [1.807, 2.05) is 89.2 Å². The molecule has 6 heteroatoms. The van der Waals surface area contributed by atoms with E-state index in [9.17, 15) is 4.79 Å². The Morgan fingerprint density at radius 3 is 2.33 bits per heavy atom. The number of aromatic nitrogens is 2. The second-order valence-corrected chi connectivity index (χ2v) is 9.03. The highest BCUT2D eigenvalue weighted by atomic mass is 32.2. The van der Waals surface area contributed by atoms with Gasteiger partial charge < -0.3 is 9.47 Å². The predicted octanol–water partition coefficient (Wildman–Crippen LogP) is 5.64. The van der Waals surface area contributed by atoms with Crippen molar-refractivity contribution in [2.45, 2.75) is 56.4 Å². The lowest BCUT2D eigenvalue weighted by Gasteiger charge is -2.22. The molecule has 0 saturated heterocycles. The zero-order valence-electron chi connectivity index (χ0n) is 18.1. The molecule has 158 valence electrons. The van der Waals surface area contributed by atoms with E-state index < -0.39 is 0 Å². The minimum absolute atomic E-state index is 0.177. The first-order valence-electron chi connectivity index (χ1n) is 10.0. The van der Waals surface area contributed by atoms with Gasteiger partial charge in [0.05, 0.1) is 29.2 Å². The van der Waals surface area contributed by atoms with E-state index in [1.165, 1.54) is 0 Å². The summed E-state index contributed by atoms with van der Waals surface area (Å²) in [7, 11) is 0. The Morgan fingerprint density at radius 1 is 1.07 bits per heavy atom. The molecular weight excluding hydrogens is 396 g/mol. The van der Waals surface area contributed by atoms with Crippen LogP contribution in [0.25, 0.3) is 0 Å².